The van der Waals surface area contributed by atoms with Gasteiger partial charge in [0, 0.05) is 6.04 Å². The van der Waals surface area contributed by atoms with Crippen molar-refractivity contribution >= 4 is 23.3 Å². The van der Waals surface area contributed by atoms with Crippen molar-refractivity contribution in [3.63, 3.8) is 0 Å². The van der Waals surface area contributed by atoms with Crippen molar-refractivity contribution in [2.24, 2.45) is 0 Å². The van der Waals surface area contributed by atoms with Gasteiger partial charge in [-0.3, -0.25) is 0 Å². The van der Waals surface area contributed by atoms with E-state index in [0.29, 0.717) is 5.69 Å². The lowest BCUT2D eigenvalue weighted by molar-refractivity contribution is 0.0698. The summed E-state index contributed by atoms with van der Waals surface area (Å²) in [5.41, 5.74) is 1.14. The minimum atomic E-state index is -1.11. The van der Waals surface area contributed by atoms with Gasteiger partial charge in [-0.05, 0) is 36.8 Å². The molecule has 0 fully saturated rings. The monoisotopic (exact) mass is 293 g/mol. The molecule has 2 aromatic rings. The van der Waals surface area contributed by atoms with Gasteiger partial charge in [-0.1, -0.05) is 29.8 Å². The summed E-state index contributed by atoms with van der Waals surface area (Å²) >= 11 is 5.90. The number of carboxylic acid groups (broad SMARTS) is 1. The first-order chi connectivity index (χ1) is 9.49. The van der Waals surface area contributed by atoms with Crippen molar-refractivity contribution in [1.29, 1.82) is 0 Å². The third-order valence-corrected chi connectivity index (χ3v) is 3.26. The molecular weight excluding hydrogens is 281 g/mol. The van der Waals surface area contributed by atoms with Crippen LogP contribution in [0.3, 0.4) is 0 Å². The number of benzene rings is 2. The Morgan fingerprint density at radius 1 is 1.30 bits per heavy atom. The van der Waals surface area contributed by atoms with Crippen LogP contribution in [0.15, 0.2) is 42.5 Å². The average molecular weight is 294 g/mol. The van der Waals surface area contributed by atoms with Crippen molar-refractivity contribution in [2.75, 3.05) is 5.32 Å². The van der Waals surface area contributed by atoms with Crippen molar-refractivity contribution in [3.05, 3.63) is 64.4 Å². The van der Waals surface area contributed by atoms with Crippen molar-refractivity contribution in [3.8, 4) is 0 Å². The van der Waals surface area contributed by atoms with E-state index in [0.717, 1.165) is 5.56 Å². The first kappa shape index (κ1) is 14.3. The molecule has 20 heavy (non-hydrogen) atoms. The highest BCUT2D eigenvalue weighted by Crippen LogP contribution is 2.28. The Kier molecular flexibility index (Phi) is 4.25. The van der Waals surface area contributed by atoms with Gasteiger partial charge < -0.3 is 10.4 Å². The highest BCUT2D eigenvalue weighted by molar-refractivity contribution is 6.34. The molecule has 2 N–H and O–H groups in total. The summed E-state index contributed by atoms with van der Waals surface area (Å²) in [5.74, 6) is -1.44. The Hall–Kier alpha value is -2.07. The summed E-state index contributed by atoms with van der Waals surface area (Å²) < 4.78 is 13.2. The molecule has 2 rings (SSSR count). The van der Waals surface area contributed by atoms with Crippen LogP contribution in [0.2, 0.25) is 5.02 Å². The van der Waals surface area contributed by atoms with E-state index in [2.05, 4.69) is 5.32 Å². The van der Waals surface area contributed by atoms with E-state index in [1.54, 1.807) is 24.3 Å². The third-order valence-electron chi connectivity index (χ3n) is 2.95. The molecule has 0 aliphatic rings. The lowest BCUT2D eigenvalue weighted by Gasteiger charge is -2.18. The molecule has 0 spiro atoms. The topological polar surface area (TPSA) is 49.3 Å². The van der Waals surface area contributed by atoms with Gasteiger partial charge in [0.05, 0.1) is 10.7 Å². The summed E-state index contributed by atoms with van der Waals surface area (Å²) in [6, 6.07) is 10.7. The molecule has 2 aromatic carbocycles. The van der Waals surface area contributed by atoms with Crippen LogP contribution < -0.4 is 5.32 Å². The largest absolute Gasteiger partial charge is 0.478 e. The number of rotatable bonds is 4. The summed E-state index contributed by atoms with van der Waals surface area (Å²) in [6.07, 6.45) is 0. The first-order valence-electron chi connectivity index (χ1n) is 6.03. The van der Waals surface area contributed by atoms with E-state index < -0.39 is 5.97 Å². The van der Waals surface area contributed by atoms with Crippen molar-refractivity contribution in [2.45, 2.75) is 13.0 Å². The maximum absolute atomic E-state index is 13.2. The van der Waals surface area contributed by atoms with Gasteiger partial charge in [0.2, 0.25) is 0 Å². The molecule has 0 amide bonds. The van der Waals surface area contributed by atoms with Gasteiger partial charge in [-0.15, -0.1) is 0 Å². The Morgan fingerprint density at radius 3 is 2.65 bits per heavy atom. The number of hydrogen-bond acceptors (Lipinski definition) is 2. The lowest BCUT2D eigenvalue weighted by Crippen LogP contribution is -2.11. The molecular formula is C15H13ClFNO2. The van der Waals surface area contributed by atoms with E-state index in [9.17, 15) is 14.3 Å². The molecule has 0 aliphatic heterocycles. The van der Waals surface area contributed by atoms with Crippen LogP contribution in [0.4, 0.5) is 10.1 Å². The van der Waals surface area contributed by atoms with Crippen LogP contribution in [-0.4, -0.2) is 11.1 Å². The summed E-state index contributed by atoms with van der Waals surface area (Å²) in [5, 5.41) is 12.4. The van der Waals surface area contributed by atoms with E-state index >= 15 is 0 Å². The van der Waals surface area contributed by atoms with Crippen LogP contribution in [0, 0.1) is 5.82 Å². The predicted octanol–water partition coefficient (Wildman–Crippen LogP) is 4.35. The van der Waals surface area contributed by atoms with E-state index in [1.165, 1.54) is 18.2 Å². The number of carbonyl (C=O) groups is 1. The third kappa shape index (κ3) is 3.08. The molecule has 0 bridgehead atoms. The van der Waals surface area contributed by atoms with Gasteiger partial charge in [0.15, 0.2) is 0 Å². The second kappa shape index (κ2) is 5.92. The SMILES string of the molecule is CC(Nc1cccc(Cl)c1C(=O)O)c1cccc(F)c1. The zero-order chi connectivity index (χ0) is 14.7. The fourth-order valence-electron chi connectivity index (χ4n) is 1.95. The maximum atomic E-state index is 13.2. The number of nitrogens with one attached hydrogen (secondary N) is 1. The van der Waals surface area contributed by atoms with Gasteiger partial charge in [-0.2, -0.15) is 0 Å². The van der Waals surface area contributed by atoms with E-state index in [-0.39, 0.29) is 22.4 Å². The molecule has 5 heteroatoms. The minimum absolute atomic E-state index is 0.0115. The van der Waals surface area contributed by atoms with E-state index in [1.807, 2.05) is 6.92 Å². The summed E-state index contributed by atoms with van der Waals surface area (Å²) in [7, 11) is 0. The van der Waals surface area contributed by atoms with Crippen LogP contribution in [0.5, 0.6) is 0 Å². The number of hydrogen-bond donors (Lipinski definition) is 2. The fraction of sp³-hybridized carbons (Fsp3) is 0.133. The molecule has 0 aliphatic carbocycles. The second-order valence-corrected chi connectivity index (χ2v) is 4.80. The fourth-order valence-corrected chi connectivity index (χ4v) is 2.21. The van der Waals surface area contributed by atoms with Crippen LogP contribution in [0.25, 0.3) is 0 Å². The molecule has 3 nitrogen and oxygen atoms in total. The molecule has 104 valence electrons. The molecule has 0 saturated heterocycles. The van der Waals surface area contributed by atoms with Crippen LogP contribution >= 0.6 is 11.6 Å². The first-order valence-corrected chi connectivity index (χ1v) is 6.40. The average Bonchev–Trinajstić information content (AvgIpc) is 2.38. The molecule has 0 radical (unpaired) electrons. The smallest absolute Gasteiger partial charge is 0.339 e. The standard InChI is InChI=1S/C15H13ClFNO2/c1-9(10-4-2-5-11(17)8-10)18-13-7-3-6-12(16)14(13)15(19)20/h2-9,18H,1H3,(H,19,20). The minimum Gasteiger partial charge on any atom is -0.478 e. The Balaban J connectivity index is 2.30. The Morgan fingerprint density at radius 2 is 2.00 bits per heavy atom. The molecule has 0 heterocycles. The predicted molar refractivity (Wildman–Crippen MR) is 76.8 cm³/mol. The highest BCUT2D eigenvalue weighted by Gasteiger charge is 2.16. The molecule has 0 aromatic heterocycles. The summed E-state index contributed by atoms with van der Waals surface area (Å²) in [6.45, 7) is 1.82. The van der Waals surface area contributed by atoms with Crippen molar-refractivity contribution < 1.29 is 14.3 Å². The van der Waals surface area contributed by atoms with E-state index in [4.69, 9.17) is 11.6 Å². The number of anilines is 1. The lowest BCUT2D eigenvalue weighted by atomic mass is 10.1. The molecule has 0 saturated carbocycles. The van der Waals surface area contributed by atoms with Gasteiger partial charge in [0.25, 0.3) is 0 Å². The van der Waals surface area contributed by atoms with Crippen LogP contribution in [0.1, 0.15) is 28.9 Å². The zero-order valence-electron chi connectivity index (χ0n) is 10.7. The maximum Gasteiger partial charge on any atom is 0.339 e. The summed E-state index contributed by atoms with van der Waals surface area (Å²) in [4.78, 5) is 11.2. The normalized spacial score (nSPS) is 11.9. The Labute approximate surface area is 121 Å². The molecule has 1 unspecified atom stereocenters. The quantitative estimate of drug-likeness (QED) is 0.881. The van der Waals surface area contributed by atoms with Gasteiger partial charge in [-0.25, -0.2) is 9.18 Å². The number of halogens is 2. The number of aromatic carboxylic acids is 1. The highest BCUT2D eigenvalue weighted by atomic mass is 35.5. The second-order valence-electron chi connectivity index (χ2n) is 4.39. The van der Waals surface area contributed by atoms with Gasteiger partial charge in [0.1, 0.15) is 11.4 Å². The van der Waals surface area contributed by atoms with Crippen LogP contribution in [-0.2, 0) is 0 Å². The van der Waals surface area contributed by atoms with Gasteiger partial charge >= 0.3 is 5.97 Å². The van der Waals surface area contributed by atoms with Crippen molar-refractivity contribution in [1.82, 2.24) is 0 Å². The molecule has 1 atom stereocenters. The number of carboxylic acids is 1. The Bertz CT molecular complexity index is 646. The zero-order valence-corrected chi connectivity index (χ0v) is 11.5.